The van der Waals surface area contributed by atoms with Crippen molar-refractivity contribution in [1.29, 1.82) is 0 Å². The molecule has 1 aliphatic carbocycles. The van der Waals surface area contributed by atoms with Crippen molar-refractivity contribution < 1.29 is 53.7 Å². The van der Waals surface area contributed by atoms with Crippen molar-refractivity contribution in [2.24, 2.45) is 0 Å². The first kappa shape index (κ1) is 37.2. The number of amides is 1. The summed E-state index contributed by atoms with van der Waals surface area (Å²) >= 11 is 0. The summed E-state index contributed by atoms with van der Waals surface area (Å²) in [6, 6.07) is 14.1. The number of nitrogens with one attached hydrogen (secondary N) is 1. The Morgan fingerprint density at radius 3 is 2.63 bits per heavy atom. The van der Waals surface area contributed by atoms with Crippen LogP contribution in [-0.4, -0.2) is 93.0 Å². The van der Waals surface area contributed by atoms with E-state index in [9.17, 15) is 30.0 Å². The number of ether oxygens (including phenoxy) is 5. The van der Waals surface area contributed by atoms with Crippen LogP contribution in [0.5, 0.6) is 23.0 Å². The molecular weight excluding hydrogens is 757 g/mol. The maximum atomic E-state index is 14.7. The van der Waals surface area contributed by atoms with Crippen LogP contribution in [0, 0.1) is 12.0 Å². The molecule has 302 valence electrons. The Bertz CT molecular complexity index is 2630. The van der Waals surface area contributed by atoms with Gasteiger partial charge in [0, 0.05) is 41.2 Å². The third-order valence-electron chi connectivity index (χ3n) is 12.5. The van der Waals surface area contributed by atoms with E-state index >= 15 is 0 Å². The fraction of sp³-hybridized carbons (Fsp3) is 0.348. The van der Waals surface area contributed by atoms with Crippen molar-refractivity contribution in [3.8, 4) is 35.0 Å². The van der Waals surface area contributed by atoms with Crippen molar-refractivity contribution in [2.45, 2.75) is 81.4 Å². The van der Waals surface area contributed by atoms with Crippen LogP contribution in [0.3, 0.4) is 0 Å². The van der Waals surface area contributed by atoms with Gasteiger partial charge in [-0.15, -0.1) is 0 Å². The molecule has 1 saturated heterocycles. The zero-order valence-corrected chi connectivity index (χ0v) is 32.1. The summed E-state index contributed by atoms with van der Waals surface area (Å²) in [5.41, 5.74) is 4.36. The Morgan fingerprint density at radius 2 is 1.80 bits per heavy atom. The highest BCUT2D eigenvalue weighted by molar-refractivity contribution is 6.11. The number of hydrogen-bond donors (Lipinski definition) is 5. The number of H-pyrrole nitrogens is 1. The lowest BCUT2D eigenvalue weighted by Crippen LogP contribution is -2.60. The Balaban J connectivity index is 1.22. The van der Waals surface area contributed by atoms with Crippen LogP contribution in [-0.2, 0) is 27.2 Å². The van der Waals surface area contributed by atoms with Gasteiger partial charge in [0.2, 0.25) is 6.29 Å². The number of rotatable bonds is 3. The molecule has 4 aliphatic heterocycles. The molecule has 6 unspecified atom stereocenters. The maximum Gasteiger partial charge on any atom is 0.254 e. The number of phenols is 2. The predicted molar refractivity (Wildman–Crippen MR) is 214 cm³/mol. The standard InChI is InChI=1S/C46H42N2O11/c1-55-35-18-25-17-28(23-7-2-3-8-23)39-33(50)21-48-20-30-24(9-4-11-26(30)45(48)54)10-6-16-56-44-40(51)36-22-57-34(29-19-47-31-12-5-13-32(49)38(29)31)15-14-27(35)43(37(25)41(39)52)59-46(58-36)42(44)53/h4-5,9,11-15,17-19,23,34,36,40,42,44,46-47,49,51-53H,2-3,7-8,10,20-22H2,1H3. The number of aliphatic hydroxyl groups is 2. The van der Waals surface area contributed by atoms with Crippen molar-refractivity contribution in [3.05, 3.63) is 99.7 Å². The molecule has 1 aromatic heterocycles. The first-order chi connectivity index (χ1) is 28.7. The van der Waals surface area contributed by atoms with E-state index in [1.165, 1.54) is 12.0 Å². The number of Topliss-reactive ketones (excluding diaryl/α,β-unsaturated/α-hetero) is 1. The summed E-state index contributed by atoms with van der Waals surface area (Å²) in [5.74, 6) is 2.31. The minimum atomic E-state index is -1.61. The van der Waals surface area contributed by atoms with E-state index in [1.54, 1.807) is 48.7 Å². The zero-order valence-electron chi connectivity index (χ0n) is 32.1. The lowest BCUT2D eigenvalue weighted by molar-refractivity contribution is -0.279. The second kappa shape index (κ2) is 14.7. The third kappa shape index (κ3) is 6.17. The van der Waals surface area contributed by atoms with Gasteiger partial charge in [-0.1, -0.05) is 43.0 Å². The van der Waals surface area contributed by atoms with Crippen molar-refractivity contribution in [2.75, 3.05) is 20.3 Å². The molecule has 8 bridgehead atoms. The van der Waals surface area contributed by atoms with Gasteiger partial charge in [0.05, 0.1) is 36.8 Å². The average molecular weight is 799 g/mol. The lowest BCUT2D eigenvalue weighted by Gasteiger charge is -2.41. The number of aromatic amines is 1. The first-order valence-corrected chi connectivity index (χ1v) is 19.9. The second-order valence-electron chi connectivity index (χ2n) is 15.9. The number of carbonyl (C=O) groups is 2. The molecule has 5 N–H and O–H groups in total. The van der Waals surface area contributed by atoms with Gasteiger partial charge in [-0.2, -0.15) is 0 Å². The number of hydrogen-bond acceptors (Lipinski definition) is 11. The fourth-order valence-electron chi connectivity index (χ4n) is 9.51. The smallest absolute Gasteiger partial charge is 0.254 e. The van der Waals surface area contributed by atoms with Crippen LogP contribution in [0.25, 0.3) is 27.8 Å². The number of aromatic hydroxyl groups is 2. The molecule has 1 amide bonds. The third-order valence-corrected chi connectivity index (χ3v) is 12.5. The minimum Gasteiger partial charge on any atom is -0.507 e. The Hall–Kier alpha value is -6.04. The Morgan fingerprint density at radius 1 is 0.966 bits per heavy atom. The van der Waals surface area contributed by atoms with E-state index in [0.717, 1.165) is 36.8 Å². The Kier molecular flexibility index (Phi) is 9.25. The van der Waals surface area contributed by atoms with Crippen LogP contribution in [0.1, 0.15) is 86.2 Å². The number of methoxy groups -OCH3 is 1. The number of fused-ring (bicyclic) bond motifs is 5. The van der Waals surface area contributed by atoms with Gasteiger partial charge >= 0.3 is 0 Å². The quantitative estimate of drug-likeness (QED) is 0.140. The highest BCUT2D eigenvalue weighted by atomic mass is 16.7. The van der Waals surface area contributed by atoms with E-state index < -0.39 is 42.6 Å². The molecule has 13 heteroatoms. The molecule has 2 fully saturated rings. The van der Waals surface area contributed by atoms with E-state index in [-0.39, 0.29) is 66.1 Å². The van der Waals surface area contributed by atoms with Crippen LogP contribution in [0.2, 0.25) is 0 Å². The number of carbonyl (C=O) groups excluding carboxylic acids is 2. The van der Waals surface area contributed by atoms with Crippen molar-refractivity contribution >= 4 is 39.4 Å². The molecule has 5 aromatic rings. The summed E-state index contributed by atoms with van der Waals surface area (Å²) in [6.07, 6.45) is 3.71. The molecule has 6 atom stereocenters. The van der Waals surface area contributed by atoms with Crippen LogP contribution in [0.4, 0.5) is 0 Å². The SMILES string of the molecule is COc1cc2cc(C3CCCC3)c3c(O)c2c2c1C=CC(c1c[nH]c4cccc(O)c14)OCC1OC(O2)C(O)C(OC#CCc2cccc4c2CN(CC3=O)C4=O)C1O. The molecule has 5 heterocycles. The normalized spacial score (nSPS) is 25.5. The molecule has 13 nitrogen and oxygen atoms in total. The number of nitrogens with zero attached hydrogens (tertiary/aromatic N) is 1. The van der Waals surface area contributed by atoms with Crippen molar-refractivity contribution in [1.82, 2.24) is 9.88 Å². The van der Waals surface area contributed by atoms with Crippen LogP contribution < -0.4 is 9.47 Å². The number of phenolic OH excluding ortho intramolecular Hbond substituents is 2. The van der Waals surface area contributed by atoms with Gasteiger partial charge in [0.15, 0.2) is 18.0 Å². The largest absolute Gasteiger partial charge is 0.507 e. The van der Waals surface area contributed by atoms with Gasteiger partial charge < -0.3 is 54.0 Å². The number of ketones is 1. The van der Waals surface area contributed by atoms with Gasteiger partial charge in [-0.3, -0.25) is 9.59 Å². The molecule has 59 heavy (non-hydrogen) atoms. The van der Waals surface area contributed by atoms with Gasteiger partial charge in [-0.25, -0.2) is 0 Å². The topological polar surface area (TPSA) is 180 Å². The number of aromatic nitrogens is 1. The summed E-state index contributed by atoms with van der Waals surface area (Å²) in [6.45, 7) is -0.302. The number of aliphatic hydroxyl groups excluding tert-OH is 2. The van der Waals surface area contributed by atoms with E-state index in [1.807, 2.05) is 18.2 Å². The summed E-state index contributed by atoms with van der Waals surface area (Å²) < 4.78 is 31.4. The number of benzene rings is 4. The highest BCUT2D eigenvalue weighted by Crippen LogP contribution is 2.49. The molecule has 4 aromatic carbocycles. The maximum absolute atomic E-state index is 14.7. The van der Waals surface area contributed by atoms with E-state index in [2.05, 4.69) is 17.0 Å². The minimum absolute atomic E-state index is 0.0167. The molecular formula is C46H42N2O11. The monoisotopic (exact) mass is 798 g/mol. The summed E-state index contributed by atoms with van der Waals surface area (Å²) in [7, 11) is 1.50. The van der Waals surface area contributed by atoms with Gasteiger partial charge in [0.25, 0.3) is 5.91 Å². The predicted octanol–water partition coefficient (Wildman–Crippen LogP) is 5.75. The second-order valence-corrected chi connectivity index (χ2v) is 15.9. The van der Waals surface area contributed by atoms with Crippen LogP contribution in [0.15, 0.2) is 60.8 Å². The molecule has 5 aliphatic rings. The summed E-state index contributed by atoms with van der Waals surface area (Å²) in [4.78, 5) is 33.2. The first-order valence-electron chi connectivity index (χ1n) is 19.9. The molecule has 1 saturated carbocycles. The van der Waals surface area contributed by atoms with Crippen molar-refractivity contribution in [3.63, 3.8) is 0 Å². The molecule has 10 rings (SSSR count). The fourth-order valence-corrected chi connectivity index (χ4v) is 9.51. The summed E-state index contributed by atoms with van der Waals surface area (Å²) in [5, 5.41) is 48.4. The van der Waals surface area contributed by atoms with E-state index in [0.29, 0.717) is 44.3 Å². The van der Waals surface area contributed by atoms with Gasteiger partial charge in [0.1, 0.15) is 47.4 Å². The molecule has 0 spiro atoms. The van der Waals surface area contributed by atoms with E-state index in [4.69, 9.17) is 23.7 Å². The Labute approximate surface area is 338 Å². The molecule has 0 radical (unpaired) electrons. The lowest BCUT2D eigenvalue weighted by atomic mass is 9.86. The highest BCUT2D eigenvalue weighted by Gasteiger charge is 2.48. The zero-order chi connectivity index (χ0) is 40.5. The van der Waals surface area contributed by atoms with Crippen LogP contribution >= 0.6 is 0 Å². The average Bonchev–Trinajstić information content (AvgIpc) is 3.99. The van der Waals surface area contributed by atoms with Gasteiger partial charge in [-0.05, 0) is 77.2 Å².